The summed E-state index contributed by atoms with van der Waals surface area (Å²) in [5.74, 6) is 0. The summed E-state index contributed by atoms with van der Waals surface area (Å²) < 4.78 is 8.25. The molecule has 0 spiro atoms. The van der Waals surface area contributed by atoms with Crippen LogP contribution in [0.2, 0.25) is 0 Å². The minimum absolute atomic E-state index is 0.750. The fourth-order valence-electron chi connectivity index (χ4n) is 0. The summed E-state index contributed by atoms with van der Waals surface area (Å²) in [5, 5.41) is 0. The van der Waals surface area contributed by atoms with Crippen LogP contribution in [-0.4, -0.2) is 6.79 Å². The van der Waals surface area contributed by atoms with Crippen LogP contribution in [0.3, 0.4) is 0 Å². The molecule has 0 aromatic rings. The van der Waals surface area contributed by atoms with Crippen LogP contribution in [0.15, 0.2) is 0 Å². The quantitative estimate of drug-likeness (QED) is 0.473. The summed E-state index contributed by atoms with van der Waals surface area (Å²) in [6, 6.07) is 0. The summed E-state index contributed by atoms with van der Waals surface area (Å²) in [5.41, 5.74) is 0. The average molecular weight is 266 g/mol. The zero-order valence-corrected chi connectivity index (χ0v) is 13.2. The first-order valence-electron chi connectivity index (χ1n) is 5.32. The van der Waals surface area contributed by atoms with Gasteiger partial charge in [-0.1, -0.05) is 27.7 Å². The topological polar surface area (TPSA) is 34.1 Å². The van der Waals surface area contributed by atoms with E-state index in [4.69, 9.17) is 8.12 Å². The maximum atomic E-state index is 8.25. The second-order valence-electron chi connectivity index (χ2n) is 2.00. The van der Waals surface area contributed by atoms with Crippen molar-refractivity contribution >= 4 is 6.79 Å². The molecule has 0 bridgehead atoms. The van der Waals surface area contributed by atoms with Crippen LogP contribution >= 0.6 is 0 Å². The van der Waals surface area contributed by atoms with Crippen molar-refractivity contribution in [1.29, 1.82) is 0 Å². The van der Waals surface area contributed by atoms with Gasteiger partial charge in [-0.3, -0.25) is 0 Å². The molecule has 0 atom stereocenters. The molecule has 0 unspecified atom stereocenters. The number of rotatable bonds is 0. The molecule has 0 fully saturated rings. The van der Waals surface area contributed by atoms with Crippen LogP contribution in [0, 0.1) is 27.7 Å². The fourth-order valence-corrected chi connectivity index (χ4v) is 0. The molecule has 0 N–H and O–H groups in total. The summed E-state index contributed by atoms with van der Waals surface area (Å²) in [6.07, 6.45) is 4.00. The van der Waals surface area contributed by atoms with Crippen molar-refractivity contribution in [3.05, 3.63) is 27.7 Å². The first-order chi connectivity index (χ1) is 7.66. The zero-order valence-electron chi connectivity index (χ0n) is 11.7. The van der Waals surface area contributed by atoms with Gasteiger partial charge in [-0.2, -0.15) is 25.7 Å². The molecule has 2 nitrogen and oxygen atoms in total. The molecular formula is C13H30O2Ti-4. The average Bonchev–Trinajstić information content (AvgIpc) is 2.27. The predicted molar refractivity (Wildman–Crippen MR) is 70.4 cm³/mol. The Labute approximate surface area is 116 Å². The van der Waals surface area contributed by atoms with Crippen molar-refractivity contribution in [3.8, 4) is 0 Å². The molecule has 0 aliphatic rings. The molecular weight excluding hydrogens is 236 g/mol. The zero-order chi connectivity index (χ0) is 14.8. The van der Waals surface area contributed by atoms with Gasteiger partial charge in [-0.25, -0.2) is 0 Å². The van der Waals surface area contributed by atoms with Gasteiger partial charge in [-0.15, -0.1) is 0 Å². The van der Waals surface area contributed by atoms with Gasteiger partial charge in [0.15, 0.2) is 0 Å². The third kappa shape index (κ3) is 72600. The molecule has 102 valence electrons. The van der Waals surface area contributed by atoms with Crippen molar-refractivity contribution < 1.29 is 28.5 Å². The summed E-state index contributed by atoms with van der Waals surface area (Å²) in [6.45, 7) is 24.0. The van der Waals surface area contributed by atoms with E-state index >= 15 is 0 Å². The Balaban J connectivity index is -0.0000000190. The Morgan fingerprint density at radius 2 is 0.688 bits per heavy atom. The van der Waals surface area contributed by atoms with E-state index in [9.17, 15) is 0 Å². The minimum atomic E-state index is 0.750. The number of carbonyl (C=O) groups is 1. The molecule has 0 aliphatic heterocycles. The molecule has 0 aromatic carbocycles. The van der Waals surface area contributed by atoms with Crippen LogP contribution < -0.4 is 0 Å². The Kier molecular flexibility index (Phi) is 392. The van der Waals surface area contributed by atoms with Crippen LogP contribution in [0.5, 0.6) is 0 Å². The van der Waals surface area contributed by atoms with E-state index in [2.05, 4.69) is 27.7 Å². The van der Waals surface area contributed by atoms with Gasteiger partial charge in [0.05, 0.1) is 0 Å². The van der Waals surface area contributed by atoms with Crippen molar-refractivity contribution in [2.75, 3.05) is 0 Å². The Hall–Kier alpha value is 0.184. The summed E-state index contributed by atoms with van der Waals surface area (Å²) >= 11 is 0.750. The van der Waals surface area contributed by atoms with E-state index in [0.29, 0.717) is 0 Å². The van der Waals surface area contributed by atoms with Crippen LogP contribution in [0.1, 0.15) is 53.4 Å². The first kappa shape index (κ1) is 36.0. The Morgan fingerprint density at radius 1 is 0.688 bits per heavy atom. The molecule has 0 heterocycles. The van der Waals surface area contributed by atoms with Gasteiger partial charge in [-0.05, 0) is 0 Å². The first-order valence-corrected chi connectivity index (χ1v) is 5.96. The Bertz CT molecular complexity index is 34.9. The van der Waals surface area contributed by atoms with E-state index < -0.39 is 0 Å². The van der Waals surface area contributed by atoms with Crippen molar-refractivity contribution in [1.82, 2.24) is 0 Å². The number of carbonyl (C=O) groups excluding carboxylic acids is 1. The van der Waals surface area contributed by atoms with Crippen LogP contribution in [0.4, 0.5) is 0 Å². The second-order valence-corrected chi connectivity index (χ2v) is 2.00. The molecule has 0 aromatic heterocycles. The molecule has 0 saturated heterocycles. The monoisotopic (exact) mass is 266 g/mol. The maximum absolute atomic E-state index is 8.25. The van der Waals surface area contributed by atoms with Gasteiger partial charge in [0.25, 0.3) is 0 Å². The summed E-state index contributed by atoms with van der Waals surface area (Å²) in [4.78, 5) is 8.00. The van der Waals surface area contributed by atoms with Gasteiger partial charge >= 0.3 is 23.7 Å². The number of hydrogen-bond donors (Lipinski definition) is 0. The van der Waals surface area contributed by atoms with E-state index in [1.807, 2.05) is 34.5 Å². The summed E-state index contributed by atoms with van der Waals surface area (Å²) in [7, 11) is 0. The van der Waals surface area contributed by atoms with E-state index in [-0.39, 0.29) is 0 Å². The third-order valence-electron chi connectivity index (χ3n) is 0. The van der Waals surface area contributed by atoms with Gasteiger partial charge in [0, 0.05) is 0 Å². The SMILES string of the molecule is C=O.[CH2-]CC.[CH2-]CC.[CH2-]CC.[CH2-]CC.[O]=[Ti]. The van der Waals surface area contributed by atoms with Crippen LogP contribution in [0.25, 0.3) is 0 Å². The second kappa shape index (κ2) is 174. The molecule has 0 rings (SSSR count). The van der Waals surface area contributed by atoms with E-state index in [0.717, 1.165) is 46.1 Å². The molecule has 0 radical (unpaired) electrons. The van der Waals surface area contributed by atoms with E-state index in [1.165, 1.54) is 0 Å². The molecule has 16 heavy (non-hydrogen) atoms. The van der Waals surface area contributed by atoms with E-state index in [1.54, 1.807) is 0 Å². The van der Waals surface area contributed by atoms with Gasteiger partial charge in [0.2, 0.25) is 0 Å². The molecule has 0 aliphatic carbocycles. The molecule has 0 saturated carbocycles. The Morgan fingerprint density at radius 3 is 0.688 bits per heavy atom. The standard InChI is InChI=1S/4C3H7.CH2O.O.Ti/c4*1-3-2;1-2;;/h4*1,3H2,2H3;1H2;;/q4*-1;;;. The molecule has 3 heteroatoms. The van der Waals surface area contributed by atoms with Gasteiger partial charge < -0.3 is 32.5 Å². The van der Waals surface area contributed by atoms with Gasteiger partial charge in [0.1, 0.15) is 6.79 Å². The fraction of sp³-hybridized carbons (Fsp3) is 0.615. The third-order valence-corrected chi connectivity index (χ3v) is 0. The van der Waals surface area contributed by atoms with Crippen molar-refractivity contribution in [2.45, 2.75) is 53.4 Å². The van der Waals surface area contributed by atoms with Crippen molar-refractivity contribution in [2.24, 2.45) is 0 Å². The predicted octanol–water partition coefficient (Wildman–Crippen LogP) is 4.62. The molecule has 0 amide bonds. The number of hydrogen-bond acceptors (Lipinski definition) is 2. The van der Waals surface area contributed by atoms with Crippen LogP contribution in [-0.2, 0) is 28.5 Å². The normalized spacial score (nSPS) is 4.94. The van der Waals surface area contributed by atoms with Crippen molar-refractivity contribution in [3.63, 3.8) is 0 Å².